The standard InChI is InChI=1S/C13H20O3/c1-4-11(15)8-16-13-7-9(2)5-6-12(13)10(3)14/h5-7,10-11,14-15H,4,8H2,1-3H3/t10-,11?/m1/s1. The maximum absolute atomic E-state index is 9.58. The van der Waals surface area contributed by atoms with Crippen LogP contribution in [0.15, 0.2) is 18.2 Å². The summed E-state index contributed by atoms with van der Waals surface area (Å²) in [5.74, 6) is 0.655. The van der Waals surface area contributed by atoms with Gasteiger partial charge >= 0.3 is 0 Å². The van der Waals surface area contributed by atoms with Gasteiger partial charge in [0.2, 0.25) is 0 Å². The lowest BCUT2D eigenvalue weighted by Gasteiger charge is -2.16. The maximum Gasteiger partial charge on any atom is 0.125 e. The number of hydrogen-bond donors (Lipinski definition) is 2. The Bertz CT molecular complexity index is 334. The Morgan fingerprint density at radius 1 is 1.31 bits per heavy atom. The number of aryl methyl sites for hydroxylation is 1. The molecule has 1 aromatic carbocycles. The molecule has 0 saturated carbocycles. The van der Waals surface area contributed by atoms with Gasteiger partial charge in [0.1, 0.15) is 12.4 Å². The zero-order valence-electron chi connectivity index (χ0n) is 10.1. The van der Waals surface area contributed by atoms with Gasteiger partial charge in [-0.3, -0.25) is 0 Å². The second kappa shape index (κ2) is 5.87. The molecular formula is C13H20O3. The first-order chi connectivity index (χ1) is 7.54. The zero-order valence-corrected chi connectivity index (χ0v) is 10.1. The van der Waals surface area contributed by atoms with E-state index in [1.807, 2.05) is 32.0 Å². The summed E-state index contributed by atoms with van der Waals surface area (Å²) in [5, 5.41) is 19.0. The van der Waals surface area contributed by atoms with Crippen molar-refractivity contribution in [3.8, 4) is 5.75 Å². The van der Waals surface area contributed by atoms with Crippen molar-refractivity contribution in [2.75, 3.05) is 6.61 Å². The Hall–Kier alpha value is -1.06. The molecule has 0 bridgehead atoms. The van der Waals surface area contributed by atoms with Crippen molar-refractivity contribution in [1.82, 2.24) is 0 Å². The molecule has 1 aromatic rings. The molecule has 0 spiro atoms. The van der Waals surface area contributed by atoms with E-state index in [0.29, 0.717) is 12.2 Å². The third kappa shape index (κ3) is 3.51. The van der Waals surface area contributed by atoms with E-state index in [1.165, 1.54) is 0 Å². The topological polar surface area (TPSA) is 49.7 Å². The number of ether oxygens (including phenoxy) is 1. The lowest BCUT2D eigenvalue weighted by Crippen LogP contribution is -2.17. The van der Waals surface area contributed by atoms with Gasteiger partial charge in [-0.15, -0.1) is 0 Å². The average Bonchev–Trinajstić information content (AvgIpc) is 2.25. The van der Waals surface area contributed by atoms with Gasteiger partial charge in [0, 0.05) is 5.56 Å². The smallest absolute Gasteiger partial charge is 0.125 e. The van der Waals surface area contributed by atoms with Crippen molar-refractivity contribution in [2.24, 2.45) is 0 Å². The van der Waals surface area contributed by atoms with Crippen molar-refractivity contribution in [1.29, 1.82) is 0 Å². The van der Waals surface area contributed by atoms with Gasteiger partial charge < -0.3 is 14.9 Å². The van der Waals surface area contributed by atoms with Gasteiger partial charge in [-0.2, -0.15) is 0 Å². The Balaban J connectivity index is 2.80. The summed E-state index contributed by atoms with van der Waals surface area (Å²) in [7, 11) is 0. The number of aliphatic hydroxyl groups is 2. The maximum atomic E-state index is 9.58. The predicted molar refractivity (Wildman–Crippen MR) is 63.6 cm³/mol. The van der Waals surface area contributed by atoms with Crippen molar-refractivity contribution in [3.05, 3.63) is 29.3 Å². The molecule has 2 N–H and O–H groups in total. The van der Waals surface area contributed by atoms with Crippen molar-refractivity contribution < 1.29 is 14.9 Å². The van der Waals surface area contributed by atoms with E-state index < -0.39 is 12.2 Å². The molecule has 3 nitrogen and oxygen atoms in total. The highest BCUT2D eigenvalue weighted by atomic mass is 16.5. The molecule has 0 aliphatic carbocycles. The highest BCUT2D eigenvalue weighted by Gasteiger charge is 2.10. The largest absolute Gasteiger partial charge is 0.490 e. The Morgan fingerprint density at radius 3 is 2.56 bits per heavy atom. The average molecular weight is 224 g/mol. The van der Waals surface area contributed by atoms with Crippen molar-refractivity contribution >= 4 is 0 Å². The van der Waals surface area contributed by atoms with Gasteiger partial charge in [-0.1, -0.05) is 19.1 Å². The van der Waals surface area contributed by atoms with Gasteiger partial charge in [0.05, 0.1) is 12.2 Å². The summed E-state index contributed by atoms with van der Waals surface area (Å²) in [6.45, 7) is 5.84. The SMILES string of the molecule is CCC(O)COc1cc(C)ccc1[C@@H](C)O. The van der Waals surface area contributed by atoms with E-state index in [2.05, 4.69) is 0 Å². The molecule has 16 heavy (non-hydrogen) atoms. The molecule has 1 unspecified atom stereocenters. The minimum absolute atomic E-state index is 0.264. The van der Waals surface area contributed by atoms with Gasteiger partial charge in [0.15, 0.2) is 0 Å². The van der Waals surface area contributed by atoms with Crippen LogP contribution in [0, 0.1) is 6.92 Å². The van der Waals surface area contributed by atoms with Crippen molar-refractivity contribution in [2.45, 2.75) is 39.4 Å². The minimum Gasteiger partial charge on any atom is -0.490 e. The molecule has 0 aromatic heterocycles. The van der Waals surface area contributed by atoms with Gasteiger partial charge in [0.25, 0.3) is 0 Å². The number of rotatable bonds is 5. The molecule has 1 rings (SSSR count). The van der Waals surface area contributed by atoms with E-state index >= 15 is 0 Å². The predicted octanol–water partition coefficient (Wildman–Crippen LogP) is 2.20. The van der Waals surface area contributed by atoms with Crippen LogP contribution in [-0.2, 0) is 0 Å². The van der Waals surface area contributed by atoms with Crippen LogP contribution < -0.4 is 4.74 Å². The third-order valence-corrected chi connectivity index (χ3v) is 2.52. The first-order valence-corrected chi connectivity index (χ1v) is 5.64. The van der Waals surface area contributed by atoms with E-state index in [4.69, 9.17) is 4.74 Å². The fraction of sp³-hybridized carbons (Fsp3) is 0.538. The fourth-order valence-electron chi connectivity index (χ4n) is 1.42. The van der Waals surface area contributed by atoms with Crippen LogP contribution in [0.3, 0.4) is 0 Å². The van der Waals surface area contributed by atoms with Gasteiger partial charge in [-0.25, -0.2) is 0 Å². The first-order valence-electron chi connectivity index (χ1n) is 5.64. The van der Waals surface area contributed by atoms with Crippen LogP contribution in [0.4, 0.5) is 0 Å². The number of aliphatic hydroxyl groups excluding tert-OH is 2. The number of benzene rings is 1. The normalized spacial score (nSPS) is 14.6. The Kier molecular flexibility index (Phi) is 4.77. The summed E-state index contributed by atoms with van der Waals surface area (Å²) >= 11 is 0. The quantitative estimate of drug-likeness (QED) is 0.806. The summed E-state index contributed by atoms with van der Waals surface area (Å²) in [5.41, 5.74) is 1.83. The van der Waals surface area contributed by atoms with Crippen LogP contribution >= 0.6 is 0 Å². The minimum atomic E-state index is -0.561. The molecule has 2 atom stereocenters. The molecule has 0 radical (unpaired) electrons. The van der Waals surface area contributed by atoms with Crippen LogP contribution in [0.1, 0.15) is 37.5 Å². The monoisotopic (exact) mass is 224 g/mol. The second-order valence-electron chi connectivity index (χ2n) is 4.09. The van der Waals surface area contributed by atoms with Crippen molar-refractivity contribution in [3.63, 3.8) is 0 Å². The van der Waals surface area contributed by atoms with Crippen LogP contribution in [-0.4, -0.2) is 22.9 Å². The highest BCUT2D eigenvalue weighted by molar-refractivity contribution is 5.38. The van der Waals surface area contributed by atoms with Crippen LogP contribution in [0.5, 0.6) is 5.75 Å². The van der Waals surface area contributed by atoms with Crippen LogP contribution in [0.25, 0.3) is 0 Å². The van der Waals surface area contributed by atoms with E-state index in [1.54, 1.807) is 6.92 Å². The summed E-state index contributed by atoms with van der Waals surface area (Å²) in [4.78, 5) is 0. The summed E-state index contributed by atoms with van der Waals surface area (Å²) in [6.07, 6.45) is -0.354. The molecule has 0 fully saturated rings. The molecule has 0 aliphatic rings. The van der Waals surface area contributed by atoms with Crippen LogP contribution in [0.2, 0.25) is 0 Å². The van der Waals surface area contributed by atoms with E-state index in [9.17, 15) is 10.2 Å². The summed E-state index contributed by atoms with van der Waals surface area (Å²) in [6, 6.07) is 5.67. The molecule has 3 heteroatoms. The lowest BCUT2D eigenvalue weighted by atomic mass is 10.1. The third-order valence-electron chi connectivity index (χ3n) is 2.52. The molecule has 0 saturated heterocycles. The van der Waals surface area contributed by atoms with E-state index in [-0.39, 0.29) is 6.61 Å². The Labute approximate surface area is 96.7 Å². The first kappa shape index (κ1) is 13.0. The Morgan fingerprint density at radius 2 is 2.00 bits per heavy atom. The van der Waals surface area contributed by atoms with E-state index in [0.717, 1.165) is 11.1 Å². The summed E-state index contributed by atoms with van der Waals surface area (Å²) < 4.78 is 5.52. The van der Waals surface area contributed by atoms with Gasteiger partial charge in [-0.05, 0) is 31.9 Å². The molecular weight excluding hydrogens is 204 g/mol. The molecule has 0 heterocycles. The molecule has 90 valence electrons. The molecule has 0 aliphatic heterocycles. The second-order valence-corrected chi connectivity index (χ2v) is 4.09. The number of hydrogen-bond acceptors (Lipinski definition) is 3. The lowest BCUT2D eigenvalue weighted by molar-refractivity contribution is 0.101. The fourth-order valence-corrected chi connectivity index (χ4v) is 1.42. The highest BCUT2D eigenvalue weighted by Crippen LogP contribution is 2.26. The molecule has 0 amide bonds. The zero-order chi connectivity index (χ0) is 12.1.